The number of aliphatic hydroxyl groups excluding tert-OH is 3. The van der Waals surface area contributed by atoms with Gasteiger partial charge in [-0.05, 0) is 65.6 Å². The van der Waals surface area contributed by atoms with E-state index in [9.17, 15) is 25.5 Å². The third kappa shape index (κ3) is 5.96. The van der Waals surface area contributed by atoms with Gasteiger partial charge in [0.25, 0.3) is 0 Å². The van der Waals surface area contributed by atoms with Crippen molar-refractivity contribution < 1.29 is 44.5 Å². The minimum Gasteiger partial charge on any atom is -0.508 e. The van der Waals surface area contributed by atoms with Gasteiger partial charge in [0.15, 0.2) is 17.6 Å². The molecule has 2 heterocycles. The zero-order valence-electron chi connectivity index (χ0n) is 26.3. The predicted molar refractivity (Wildman–Crippen MR) is 180 cm³/mol. The fourth-order valence-corrected chi connectivity index (χ4v) is 9.90. The number of fused-ring (bicyclic) bond motifs is 4. The lowest BCUT2D eigenvalue weighted by atomic mass is 9.66. The third-order valence-electron chi connectivity index (χ3n) is 9.61. The first-order chi connectivity index (χ1) is 22.3. The van der Waals surface area contributed by atoms with Crippen molar-refractivity contribution in [3.63, 3.8) is 0 Å². The molecule has 1 aliphatic carbocycles. The molecule has 2 bridgehead atoms. The van der Waals surface area contributed by atoms with Crippen LogP contribution in [0.2, 0.25) is 0 Å². The lowest BCUT2D eigenvalue weighted by molar-refractivity contribution is 0.00384. The summed E-state index contributed by atoms with van der Waals surface area (Å²) in [6.07, 6.45) is 1.02. The Kier molecular flexibility index (Phi) is 10.1. The van der Waals surface area contributed by atoms with Crippen LogP contribution < -0.4 is 18.9 Å². The Morgan fingerprint density at radius 2 is 1.65 bits per heavy atom. The summed E-state index contributed by atoms with van der Waals surface area (Å²) in [5, 5.41) is 54.3. The minimum absolute atomic E-state index is 0.0533. The molecule has 0 radical (unpaired) electrons. The van der Waals surface area contributed by atoms with E-state index in [1.165, 1.54) is 14.2 Å². The van der Waals surface area contributed by atoms with Crippen LogP contribution in [0, 0.1) is 5.92 Å². The molecule has 6 atom stereocenters. The highest BCUT2D eigenvalue weighted by Crippen LogP contribution is 2.60. The molecule has 0 amide bonds. The Labute approximate surface area is 277 Å². The average Bonchev–Trinajstić information content (AvgIpc) is 3.06. The van der Waals surface area contributed by atoms with Gasteiger partial charge in [-0.15, -0.1) is 0 Å². The summed E-state index contributed by atoms with van der Waals surface area (Å²) in [7, 11) is 6.44. The van der Waals surface area contributed by atoms with Crippen molar-refractivity contribution in [3.8, 4) is 45.6 Å². The maximum atomic E-state index is 12.2. The fraction of sp³-hybridized carbons (Fsp3) is 0.486. The Morgan fingerprint density at radius 3 is 2.35 bits per heavy atom. The van der Waals surface area contributed by atoms with Gasteiger partial charge in [0, 0.05) is 46.1 Å². The van der Waals surface area contributed by atoms with Crippen molar-refractivity contribution in [2.45, 2.75) is 56.1 Å². The number of phenols is 2. The van der Waals surface area contributed by atoms with Crippen molar-refractivity contribution in [1.82, 2.24) is 0 Å². The van der Waals surface area contributed by atoms with Crippen LogP contribution in [0.1, 0.15) is 72.3 Å². The van der Waals surface area contributed by atoms with Gasteiger partial charge in [-0.1, -0.05) is 41.0 Å². The highest BCUT2D eigenvalue weighted by atomic mass is 33.1. The van der Waals surface area contributed by atoms with Crippen LogP contribution in [0.3, 0.4) is 0 Å². The molecule has 9 nitrogen and oxygen atoms in total. The molecule has 3 aromatic rings. The molecule has 2 aliphatic heterocycles. The highest BCUT2D eigenvalue weighted by molar-refractivity contribution is 8.76. The average molecular weight is 671 g/mol. The first kappa shape index (κ1) is 33.0. The van der Waals surface area contributed by atoms with Gasteiger partial charge in [-0.25, -0.2) is 0 Å². The van der Waals surface area contributed by atoms with Gasteiger partial charge in [0.2, 0.25) is 5.75 Å². The molecule has 3 aliphatic rings. The lowest BCUT2D eigenvalue weighted by Crippen LogP contribution is -2.37. The Hall–Kier alpha value is -2.96. The first-order valence-corrected chi connectivity index (χ1v) is 18.2. The van der Waals surface area contributed by atoms with Crippen molar-refractivity contribution >= 4 is 21.6 Å². The molecule has 0 aromatic heterocycles. The van der Waals surface area contributed by atoms with Crippen LogP contribution in [0.4, 0.5) is 0 Å². The Bertz CT molecular complexity index is 1540. The molecular weight excluding hydrogens is 629 g/mol. The summed E-state index contributed by atoms with van der Waals surface area (Å²) in [6, 6.07) is 10.5. The Morgan fingerprint density at radius 1 is 0.891 bits per heavy atom. The summed E-state index contributed by atoms with van der Waals surface area (Å²) in [5.41, 5.74) is 4.97. The zero-order valence-corrected chi connectivity index (χ0v) is 27.9. The van der Waals surface area contributed by atoms with Crippen molar-refractivity contribution in [2.75, 3.05) is 45.5 Å². The van der Waals surface area contributed by atoms with E-state index in [2.05, 4.69) is 6.92 Å². The van der Waals surface area contributed by atoms with Crippen LogP contribution in [-0.4, -0.2) is 77.2 Å². The molecule has 0 saturated heterocycles. The molecule has 0 fully saturated rings. The second kappa shape index (κ2) is 14.0. The molecule has 6 rings (SSSR count). The monoisotopic (exact) mass is 670 g/mol. The smallest absolute Gasteiger partial charge is 0.200 e. The van der Waals surface area contributed by atoms with Crippen LogP contribution in [-0.2, 0) is 0 Å². The number of hydrogen-bond donors (Lipinski definition) is 5. The molecule has 0 spiro atoms. The lowest BCUT2D eigenvalue weighted by Gasteiger charge is -2.43. The number of methoxy groups -OCH3 is 2. The zero-order chi connectivity index (χ0) is 32.5. The standard InChI is InChI=1S/C35H42O9S2/c1-18-4-6-21-23-14-20(38)5-7-22(23)30-26(43-10-9-36)15-27-31(32(30)24(21)16-37)25(17-46-45-11-8-18)33(39)35(44-27)19-12-28(41-2)34(40)29(13-19)42-3/h5,7,12-15,18,21,24-25,33,35-40H,4,6,8-11,16-17H2,1-3H3. The molecular formula is C35H42O9S2. The number of benzene rings is 3. The largest absolute Gasteiger partial charge is 0.508 e. The summed E-state index contributed by atoms with van der Waals surface area (Å²) < 4.78 is 23.7. The van der Waals surface area contributed by atoms with E-state index in [0.29, 0.717) is 28.7 Å². The van der Waals surface area contributed by atoms with Gasteiger partial charge in [0.05, 0.1) is 27.4 Å². The molecule has 0 saturated carbocycles. The fourth-order valence-electron chi connectivity index (χ4n) is 7.31. The predicted octanol–water partition coefficient (Wildman–Crippen LogP) is 6.11. The van der Waals surface area contributed by atoms with Crippen LogP contribution >= 0.6 is 21.6 Å². The molecule has 248 valence electrons. The molecule has 6 unspecified atom stereocenters. The summed E-state index contributed by atoms with van der Waals surface area (Å²) in [5.74, 6) is 2.70. The van der Waals surface area contributed by atoms with Crippen molar-refractivity contribution in [1.29, 1.82) is 0 Å². The number of hydrogen-bond acceptors (Lipinski definition) is 11. The van der Waals surface area contributed by atoms with E-state index in [0.717, 1.165) is 52.8 Å². The van der Waals surface area contributed by atoms with Crippen molar-refractivity contribution in [3.05, 3.63) is 58.7 Å². The van der Waals surface area contributed by atoms with Crippen LogP contribution in [0.25, 0.3) is 11.1 Å². The summed E-state index contributed by atoms with van der Waals surface area (Å²) >= 11 is 0. The quantitative estimate of drug-likeness (QED) is 0.186. The van der Waals surface area contributed by atoms with Crippen molar-refractivity contribution in [2.24, 2.45) is 5.92 Å². The van der Waals surface area contributed by atoms with Gasteiger partial charge < -0.3 is 44.5 Å². The molecule has 46 heavy (non-hydrogen) atoms. The van der Waals surface area contributed by atoms with Crippen LogP contribution in [0.15, 0.2) is 36.4 Å². The normalized spacial score (nSPS) is 25.6. The topological polar surface area (TPSA) is 138 Å². The summed E-state index contributed by atoms with van der Waals surface area (Å²) in [6.45, 7) is 1.99. The van der Waals surface area contributed by atoms with E-state index in [1.54, 1.807) is 45.9 Å². The van der Waals surface area contributed by atoms with E-state index in [-0.39, 0.29) is 60.6 Å². The first-order valence-electron chi connectivity index (χ1n) is 15.7. The number of aromatic hydroxyl groups is 2. The number of phenolic OH excluding ortho intramolecular Hbond substituents is 2. The van der Waals surface area contributed by atoms with Gasteiger partial charge in [0.1, 0.15) is 30.0 Å². The van der Waals surface area contributed by atoms with E-state index in [4.69, 9.17) is 18.9 Å². The Balaban J connectivity index is 1.61. The third-order valence-corrected chi connectivity index (χ3v) is 12.1. The SMILES string of the molecule is COc1cc(C2Oc3cc(OCCO)c4c5c3C(CSSCCC(C)CCC(c3cc(O)ccc3-4)C5CO)C2O)cc(OC)c1O. The molecule has 3 aromatic carbocycles. The van der Waals surface area contributed by atoms with Crippen LogP contribution in [0.5, 0.6) is 34.5 Å². The highest BCUT2D eigenvalue weighted by Gasteiger charge is 2.46. The second-order valence-electron chi connectivity index (χ2n) is 12.3. The van der Waals surface area contributed by atoms with E-state index in [1.807, 2.05) is 12.1 Å². The maximum Gasteiger partial charge on any atom is 0.200 e. The van der Waals surface area contributed by atoms with Gasteiger partial charge in [-0.3, -0.25) is 0 Å². The van der Waals surface area contributed by atoms with E-state index < -0.39 is 12.2 Å². The van der Waals surface area contributed by atoms with Gasteiger partial charge in [-0.2, -0.15) is 0 Å². The number of rotatable bonds is 7. The minimum atomic E-state index is -0.990. The number of ether oxygens (including phenoxy) is 4. The van der Waals surface area contributed by atoms with Gasteiger partial charge >= 0.3 is 0 Å². The second-order valence-corrected chi connectivity index (χ2v) is 14.9. The van der Waals surface area contributed by atoms with E-state index >= 15 is 0 Å². The number of aliphatic hydroxyl groups is 3. The summed E-state index contributed by atoms with van der Waals surface area (Å²) in [4.78, 5) is 0. The molecule has 11 heteroatoms. The molecule has 5 N–H and O–H groups in total. The maximum absolute atomic E-state index is 12.2.